The van der Waals surface area contributed by atoms with Gasteiger partial charge in [-0.05, 0) is 0 Å². The second kappa shape index (κ2) is 9.47. The summed E-state index contributed by atoms with van der Waals surface area (Å²) >= 11 is 0. The third kappa shape index (κ3) is 5.04. The molecule has 0 spiro atoms. The van der Waals surface area contributed by atoms with Crippen molar-refractivity contribution in [3.63, 3.8) is 0 Å². The van der Waals surface area contributed by atoms with Crippen LogP contribution in [0.15, 0.2) is 12.2 Å². The summed E-state index contributed by atoms with van der Waals surface area (Å²) in [5.41, 5.74) is -3.64. The molecule has 0 rings (SSSR count). The molecule has 0 aromatic carbocycles. The highest BCUT2D eigenvalue weighted by Gasteiger charge is 2.36. The monoisotopic (exact) mass is 302 g/mol. The minimum absolute atomic E-state index is 0. The molecule has 0 heterocycles. The van der Waals surface area contributed by atoms with Crippen LogP contribution >= 0.6 is 19.8 Å². The molecule has 0 fully saturated rings. The molecule has 2 atom stereocenters. The van der Waals surface area contributed by atoms with E-state index in [1.54, 1.807) is 36.4 Å². The zero-order valence-corrected chi connectivity index (χ0v) is 13.5. The molecule has 0 aromatic rings. The van der Waals surface area contributed by atoms with E-state index in [1.807, 2.05) is 0 Å². The van der Waals surface area contributed by atoms with Crippen LogP contribution in [0.25, 0.3) is 0 Å². The molecular weight excluding hydrogens is 290 g/mol. The summed E-state index contributed by atoms with van der Waals surface area (Å²) in [6.45, 7) is 3.51. The van der Waals surface area contributed by atoms with Crippen LogP contribution in [0.5, 0.6) is 0 Å². The number of nitrogens with zero attached hydrogens (tertiary/aromatic N) is 6. The van der Waals surface area contributed by atoms with Crippen LogP contribution in [0.2, 0.25) is 0 Å². The summed E-state index contributed by atoms with van der Waals surface area (Å²) in [6.07, 6.45) is -0.605. The van der Waals surface area contributed by atoms with Crippen molar-refractivity contribution in [1.82, 2.24) is 0 Å². The molecule has 0 aliphatic heterocycles. The summed E-state index contributed by atoms with van der Waals surface area (Å²) in [4.78, 5) is 0. The lowest BCUT2D eigenvalue weighted by Crippen LogP contribution is -2.19. The predicted octanol–water partition coefficient (Wildman–Crippen LogP) is 1.55. The molecule has 0 aliphatic carbocycles. The van der Waals surface area contributed by atoms with Crippen LogP contribution in [-0.4, -0.2) is 0 Å². The highest BCUT2D eigenvalue weighted by molar-refractivity contribution is 6.92. The van der Waals surface area contributed by atoms with E-state index >= 15 is 0 Å². The molecule has 8 heteroatoms. The SMILES string of the molecule is C=C(CC(C#N)(C#N)C#N)CC(C#N)(C#N)C#N.P.P. The minimum Gasteiger partial charge on any atom is -0.195 e. The smallest absolute Gasteiger partial charge is 0.195 e. The topological polar surface area (TPSA) is 143 Å². The van der Waals surface area contributed by atoms with Gasteiger partial charge in [0.25, 0.3) is 0 Å². The highest BCUT2D eigenvalue weighted by Crippen LogP contribution is 2.31. The van der Waals surface area contributed by atoms with Crippen LogP contribution < -0.4 is 0 Å². The molecule has 2 unspecified atom stereocenters. The van der Waals surface area contributed by atoms with Crippen molar-refractivity contribution in [2.75, 3.05) is 0 Å². The molecule has 100 valence electrons. The van der Waals surface area contributed by atoms with Gasteiger partial charge < -0.3 is 0 Å². The molecule has 0 N–H and O–H groups in total. The van der Waals surface area contributed by atoms with E-state index in [4.69, 9.17) is 31.6 Å². The lowest BCUT2D eigenvalue weighted by Gasteiger charge is -2.15. The van der Waals surface area contributed by atoms with Gasteiger partial charge in [-0.1, -0.05) is 12.2 Å². The Bertz CT molecular complexity index is 485. The van der Waals surface area contributed by atoms with E-state index in [1.165, 1.54) is 0 Å². The van der Waals surface area contributed by atoms with Crippen LogP contribution in [0.1, 0.15) is 12.8 Å². The van der Waals surface area contributed by atoms with Crippen molar-refractivity contribution in [1.29, 1.82) is 31.6 Å². The van der Waals surface area contributed by atoms with Gasteiger partial charge in [0.1, 0.15) is 36.4 Å². The standard InChI is InChI=1S/C12H6N6.2H3P/c1-10(2-11(4-13,5-14)6-15)3-12(7-16,8-17)9-18;;/h1-3H2;2*1H3. The van der Waals surface area contributed by atoms with Gasteiger partial charge in [0.15, 0.2) is 0 Å². The van der Waals surface area contributed by atoms with Gasteiger partial charge in [-0.25, -0.2) is 0 Å². The van der Waals surface area contributed by atoms with Crippen molar-refractivity contribution >= 4 is 19.8 Å². The van der Waals surface area contributed by atoms with Gasteiger partial charge in [0.2, 0.25) is 10.8 Å². The summed E-state index contributed by atoms with van der Waals surface area (Å²) in [6, 6.07) is 9.32. The molecule has 0 saturated heterocycles. The Kier molecular flexibility index (Phi) is 10.7. The first-order chi connectivity index (χ1) is 8.46. The number of hydrogen-bond acceptors (Lipinski definition) is 6. The van der Waals surface area contributed by atoms with E-state index in [9.17, 15) is 0 Å². The van der Waals surface area contributed by atoms with Crippen molar-refractivity contribution in [2.45, 2.75) is 12.8 Å². The first-order valence-corrected chi connectivity index (χ1v) is 4.61. The van der Waals surface area contributed by atoms with Crippen molar-refractivity contribution in [3.05, 3.63) is 12.2 Å². The molecule has 20 heavy (non-hydrogen) atoms. The quantitative estimate of drug-likeness (QED) is 0.569. The van der Waals surface area contributed by atoms with E-state index in [0.29, 0.717) is 0 Å². The largest absolute Gasteiger partial charge is 0.232 e. The zero-order chi connectivity index (χ0) is 14.2. The van der Waals surface area contributed by atoms with Crippen LogP contribution in [0, 0.1) is 78.8 Å². The molecule has 6 nitrogen and oxygen atoms in total. The second-order valence-electron chi connectivity index (χ2n) is 3.59. The van der Waals surface area contributed by atoms with Crippen molar-refractivity contribution in [2.24, 2.45) is 10.8 Å². The maximum absolute atomic E-state index is 8.76. The van der Waals surface area contributed by atoms with Gasteiger partial charge in [0, 0.05) is 12.8 Å². The van der Waals surface area contributed by atoms with E-state index < -0.39 is 10.8 Å². The third-order valence-corrected chi connectivity index (χ3v) is 2.18. The normalized spacial score (nSPS) is 8.50. The Balaban J connectivity index is -0.00000144. The maximum Gasteiger partial charge on any atom is 0.232 e. The Labute approximate surface area is 124 Å². The van der Waals surface area contributed by atoms with Crippen molar-refractivity contribution in [3.8, 4) is 36.4 Å². The zero-order valence-electron chi connectivity index (χ0n) is 10.7. The molecule has 0 aromatic heterocycles. The number of allylic oxidation sites excluding steroid dienone is 1. The molecule has 0 bridgehead atoms. The number of nitriles is 6. The van der Waals surface area contributed by atoms with Crippen molar-refractivity contribution < 1.29 is 0 Å². The van der Waals surface area contributed by atoms with Gasteiger partial charge in [0.05, 0.1) is 0 Å². The Morgan fingerprint density at radius 1 is 0.650 bits per heavy atom. The predicted molar refractivity (Wildman–Crippen MR) is 79.1 cm³/mol. The highest BCUT2D eigenvalue weighted by atomic mass is 31.0. The summed E-state index contributed by atoms with van der Waals surface area (Å²) in [5, 5.41) is 52.6. The van der Waals surface area contributed by atoms with Crippen LogP contribution in [0.3, 0.4) is 0 Å². The van der Waals surface area contributed by atoms with Crippen LogP contribution in [-0.2, 0) is 0 Å². The first-order valence-electron chi connectivity index (χ1n) is 4.61. The molecule has 0 saturated carbocycles. The lowest BCUT2D eigenvalue weighted by molar-refractivity contribution is 0.592. The molecule has 0 aliphatic rings. The molecule has 0 radical (unpaired) electrons. The summed E-state index contributed by atoms with van der Waals surface area (Å²) < 4.78 is 0. The summed E-state index contributed by atoms with van der Waals surface area (Å²) in [7, 11) is 0. The first kappa shape index (κ1) is 22.7. The average Bonchev–Trinajstić information content (AvgIpc) is 2.42. The maximum atomic E-state index is 8.76. The van der Waals surface area contributed by atoms with E-state index in [0.717, 1.165) is 0 Å². The number of hydrogen-bond donors (Lipinski definition) is 0. The lowest BCUT2D eigenvalue weighted by atomic mass is 9.79. The van der Waals surface area contributed by atoms with Gasteiger partial charge >= 0.3 is 0 Å². The fraction of sp³-hybridized carbons (Fsp3) is 0.333. The average molecular weight is 302 g/mol. The Morgan fingerprint density at radius 3 is 1.00 bits per heavy atom. The van der Waals surface area contributed by atoms with Crippen LogP contribution in [0.4, 0.5) is 0 Å². The van der Waals surface area contributed by atoms with Gasteiger partial charge in [-0.2, -0.15) is 51.4 Å². The fourth-order valence-corrected chi connectivity index (χ4v) is 1.20. The van der Waals surface area contributed by atoms with Gasteiger partial charge in [-0.3, -0.25) is 0 Å². The second-order valence-corrected chi connectivity index (χ2v) is 3.59. The van der Waals surface area contributed by atoms with E-state index in [2.05, 4.69) is 6.58 Å². The minimum atomic E-state index is -1.90. The third-order valence-electron chi connectivity index (χ3n) is 2.18. The number of rotatable bonds is 4. The van der Waals surface area contributed by atoms with Gasteiger partial charge in [-0.15, -0.1) is 0 Å². The molecule has 0 amide bonds. The summed E-state index contributed by atoms with van der Waals surface area (Å²) in [5.74, 6) is 0. The Morgan fingerprint density at radius 2 is 0.850 bits per heavy atom. The van der Waals surface area contributed by atoms with E-state index in [-0.39, 0.29) is 38.2 Å². The molecular formula is C12H12N6P2. The fourth-order valence-electron chi connectivity index (χ4n) is 1.20. The Hall–Kier alpha value is -2.46.